The minimum atomic E-state index is 0.0777. The molecule has 0 saturated heterocycles. The van der Waals surface area contributed by atoms with Crippen LogP contribution in [0.4, 0.5) is 0 Å². The predicted molar refractivity (Wildman–Crippen MR) is 118 cm³/mol. The van der Waals surface area contributed by atoms with Gasteiger partial charge in [0.15, 0.2) is 17.3 Å². The molecule has 2 aliphatic rings. The molecule has 0 amide bonds. The zero-order valence-corrected chi connectivity index (χ0v) is 17.9. The van der Waals surface area contributed by atoms with Gasteiger partial charge in [0, 0.05) is 41.7 Å². The van der Waals surface area contributed by atoms with Crippen LogP contribution in [0.2, 0.25) is 5.02 Å². The number of benzene rings is 2. The molecule has 4 rings (SSSR count). The highest BCUT2D eigenvalue weighted by atomic mass is 35.5. The number of rotatable bonds is 6. The minimum Gasteiger partial charge on any atom is -0.493 e. The number of halogens is 1. The normalized spacial score (nSPS) is 16.4. The van der Waals surface area contributed by atoms with Crippen molar-refractivity contribution in [3.8, 4) is 17.2 Å². The standard InChI is InChI=1S/C24H26ClNO4/c1-16-12-18(25)5-6-22(16)28-9-2-4-19(27)14-21-20-15-24-23(29-10-3-11-30-24)13-17(20)7-8-26-21/h5-6,12-15,26H,2-4,7-11H2,1H3. The van der Waals surface area contributed by atoms with Crippen molar-refractivity contribution in [1.82, 2.24) is 5.32 Å². The summed E-state index contributed by atoms with van der Waals surface area (Å²) >= 11 is 5.97. The second kappa shape index (κ2) is 9.43. The molecule has 0 unspecified atom stereocenters. The molecule has 0 radical (unpaired) electrons. The largest absolute Gasteiger partial charge is 0.493 e. The number of ether oxygens (including phenoxy) is 3. The Morgan fingerprint density at radius 1 is 1.20 bits per heavy atom. The summed E-state index contributed by atoms with van der Waals surface area (Å²) < 4.78 is 17.4. The van der Waals surface area contributed by atoms with Crippen LogP contribution in [-0.4, -0.2) is 32.1 Å². The van der Waals surface area contributed by atoms with Gasteiger partial charge in [-0.1, -0.05) is 11.6 Å². The third-order valence-electron chi connectivity index (χ3n) is 5.24. The molecule has 0 bridgehead atoms. The molecule has 0 atom stereocenters. The van der Waals surface area contributed by atoms with Gasteiger partial charge in [0.05, 0.1) is 19.8 Å². The highest BCUT2D eigenvalue weighted by molar-refractivity contribution is 6.30. The first kappa shape index (κ1) is 20.6. The van der Waals surface area contributed by atoms with E-state index in [2.05, 4.69) is 11.4 Å². The third-order valence-corrected chi connectivity index (χ3v) is 5.48. The number of ketones is 1. The Morgan fingerprint density at radius 3 is 2.80 bits per heavy atom. The highest BCUT2D eigenvalue weighted by Gasteiger charge is 2.20. The minimum absolute atomic E-state index is 0.0777. The zero-order valence-electron chi connectivity index (χ0n) is 17.1. The maximum Gasteiger partial charge on any atom is 0.161 e. The lowest BCUT2D eigenvalue weighted by molar-refractivity contribution is -0.114. The van der Waals surface area contributed by atoms with Crippen LogP contribution in [0, 0.1) is 6.92 Å². The molecule has 2 aromatic rings. The molecule has 2 aromatic carbocycles. The Balaban J connectivity index is 1.38. The number of nitrogens with one attached hydrogen (secondary N) is 1. The molecule has 5 nitrogen and oxygen atoms in total. The van der Waals surface area contributed by atoms with E-state index in [0.717, 1.165) is 53.5 Å². The number of fused-ring (bicyclic) bond motifs is 2. The first-order valence-corrected chi connectivity index (χ1v) is 10.8. The summed E-state index contributed by atoms with van der Waals surface area (Å²) in [6.07, 6.45) is 4.55. The van der Waals surface area contributed by atoms with E-state index in [1.165, 1.54) is 5.56 Å². The Kier molecular flexibility index (Phi) is 6.48. The number of hydrogen-bond donors (Lipinski definition) is 1. The molecule has 6 heteroatoms. The maximum atomic E-state index is 12.5. The van der Waals surface area contributed by atoms with Gasteiger partial charge >= 0.3 is 0 Å². The lowest BCUT2D eigenvalue weighted by atomic mass is 9.96. The summed E-state index contributed by atoms with van der Waals surface area (Å²) in [5, 5.41) is 4.05. The van der Waals surface area contributed by atoms with Gasteiger partial charge in [0.2, 0.25) is 0 Å². The lowest BCUT2D eigenvalue weighted by Gasteiger charge is -2.23. The van der Waals surface area contributed by atoms with Crippen LogP contribution in [0.1, 0.15) is 36.0 Å². The third kappa shape index (κ3) is 4.90. The summed E-state index contributed by atoms with van der Waals surface area (Å²) in [7, 11) is 0. The lowest BCUT2D eigenvalue weighted by Crippen LogP contribution is -2.23. The molecule has 0 aliphatic carbocycles. The van der Waals surface area contributed by atoms with E-state index in [-0.39, 0.29) is 5.78 Å². The quantitative estimate of drug-likeness (QED) is 0.533. The Bertz CT molecular complexity index is 970. The molecular formula is C24H26ClNO4. The topological polar surface area (TPSA) is 56.8 Å². The molecule has 0 saturated carbocycles. The molecule has 0 aromatic heterocycles. The van der Waals surface area contributed by atoms with Gasteiger partial charge in [-0.3, -0.25) is 4.79 Å². The summed E-state index contributed by atoms with van der Waals surface area (Å²) in [5.74, 6) is 2.43. The van der Waals surface area contributed by atoms with E-state index in [1.54, 1.807) is 12.1 Å². The van der Waals surface area contributed by atoms with Crippen molar-refractivity contribution in [3.63, 3.8) is 0 Å². The van der Waals surface area contributed by atoms with Gasteiger partial charge in [-0.05, 0) is 61.2 Å². The van der Waals surface area contributed by atoms with Gasteiger partial charge in [0.25, 0.3) is 0 Å². The van der Waals surface area contributed by atoms with Gasteiger partial charge < -0.3 is 19.5 Å². The van der Waals surface area contributed by atoms with Crippen molar-refractivity contribution >= 4 is 23.1 Å². The smallest absolute Gasteiger partial charge is 0.161 e. The van der Waals surface area contributed by atoms with E-state index in [4.69, 9.17) is 25.8 Å². The number of aryl methyl sites for hydroxylation is 1. The van der Waals surface area contributed by atoms with Gasteiger partial charge in [0.1, 0.15) is 5.75 Å². The molecule has 2 aliphatic heterocycles. The maximum absolute atomic E-state index is 12.5. The van der Waals surface area contributed by atoms with Gasteiger partial charge in [-0.2, -0.15) is 0 Å². The SMILES string of the molecule is Cc1cc(Cl)ccc1OCCCC(=O)C=C1NCCc2cc3c(cc21)OCCCO3. The van der Waals surface area contributed by atoms with Crippen LogP contribution in [0.25, 0.3) is 5.70 Å². The van der Waals surface area contributed by atoms with Crippen LogP contribution < -0.4 is 19.5 Å². The average molecular weight is 428 g/mol. The van der Waals surface area contributed by atoms with Crippen molar-refractivity contribution < 1.29 is 19.0 Å². The summed E-state index contributed by atoms with van der Waals surface area (Å²) in [6.45, 7) is 4.55. The summed E-state index contributed by atoms with van der Waals surface area (Å²) in [5.41, 5.74) is 4.04. The van der Waals surface area contributed by atoms with Crippen LogP contribution in [0.5, 0.6) is 17.2 Å². The predicted octanol–water partition coefficient (Wildman–Crippen LogP) is 4.72. The first-order valence-electron chi connectivity index (χ1n) is 10.4. The summed E-state index contributed by atoms with van der Waals surface area (Å²) in [6, 6.07) is 9.58. The second-order valence-corrected chi connectivity index (χ2v) is 8.01. The molecule has 0 fully saturated rings. The zero-order chi connectivity index (χ0) is 20.9. The van der Waals surface area contributed by atoms with Crippen molar-refractivity contribution in [1.29, 1.82) is 0 Å². The molecule has 2 heterocycles. The first-order chi connectivity index (χ1) is 14.6. The van der Waals surface area contributed by atoms with Crippen molar-refractivity contribution in [2.24, 2.45) is 0 Å². The van der Waals surface area contributed by atoms with Crippen molar-refractivity contribution in [2.75, 3.05) is 26.4 Å². The van der Waals surface area contributed by atoms with Crippen LogP contribution >= 0.6 is 11.6 Å². The highest BCUT2D eigenvalue weighted by Crippen LogP contribution is 2.36. The van der Waals surface area contributed by atoms with Gasteiger partial charge in [-0.25, -0.2) is 0 Å². The van der Waals surface area contributed by atoms with Crippen LogP contribution in [0.15, 0.2) is 36.4 Å². The van der Waals surface area contributed by atoms with E-state index in [9.17, 15) is 4.79 Å². The van der Waals surface area contributed by atoms with Crippen molar-refractivity contribution in [3.05, 3.63) is 58.1 Å². The number of carbonyl (C=O) groups is 1. The Morgan fingerprint density at radius 2 is 2.00 bits per heavy atom. The van der Waals surface area contributed by atoms with Crippen LogP contribution in [-0.2, 0) is 11.2 Å². The fourth-order valence-corrected chi connectivity index (χ4v) is 3.93. The van der Waals surface area contributed by atoms with E-state index < -0.39 is 0 Å². The van der Waals surface area contributed by atoms with Crippen molar-refractivity contribution in [2.45, 2.75) is 32.6 Å². The molecule has 0 spiro atoms. The molecule has 158 valence electrons. The fourth-order valence-electron chi connectivity index (χ4n) is 3.70. The van der Waals surface area contributed by atoms with E-state index >= 15 is 0 Å². The Hall–Kier alpha value is -2.66. The monoisotopic (exact) mass is 427 g/mol. The number of carbonyl (C=O) groups excluding carboxylic acids is 1. The average Bonchev–Trinajstić information content (AvgIpc) is 2.96. The molecule has 1 N–H and O–H groups in total. The molecule has 30 heavy (non-hydrogen) atoms. The van der Waals surface area contributed by atoms with E-state index in [0.29, 0.717) is 37.7 Å². The van der Waals surface area contributed by atoms with E-state index in [1.807, 2.05) is 25.1 Å². The Labute approximate surface area is 182 Å². The summed E-state index contributed by atoms with van der Waals surface area (Å²) in [4.78, 5) is 12.5. The molecular weight excluding hydrogens is 402 g/mol. The number of allylic oxidation sites excluding steroid dienone is 1. The van der Waals surface area contributed by atoms with Crippen LogP contribution in [0.3, 0.4) is 0 Å². The number of hydrogen-bond acceptors (Lipinski definition) is 5. The second-order valence-electron chi connectivity index (χ2n) is 7.57. The fraction of sp³-hybridized carbons (Fsp3) is 0.375. The van der Waals surface area contributed by atoms with Gasteiger partial charge in [-0.15, -0.1) is 0 Å².